The van der Waals surface area contributed by atoms with Gasteiger partial charge in [0, 0.05) is 30.4 Å². The first-order valence-electron chi connectivity index (χ1n) is 8.04. The van der Waals surface area contributed by atoms with Gasteiger partial charge in [0.25, 0.3) is 0 Å². The molecular formula is C17H26N2O2. The topological polar surface area (TPSA) is 35.9 Å². The zero-order chi connectivity index (χ0) is 14.8. The quantitative estimate of drug-likeness (QED) is 0.924. The minimum Gasteiger partial charge on any atom is -0.496 e. The average molecular weight is 290 g/mol. The highest BCUT2D eigenvalue weighted by Crippen LogP contribution is 2.36. The van der Waals surface area contributed by atoms with Crippen molar-refractivity contribution < 1.29 is 9.84 Å². The van der Waals surface area contributed by atoms with Crippen LogP contribution in [0.4, 0.5) is 5.69 Å². The SMILES string of the molecule is COc1cccc(N2CCC(N3CCCC3)C2)c1[C@H](C)O. The molecule has 1 unspecified atom stereocenters. The zero-order valence-corrected chi connectivity index (χ0v) is 13.1. The lowest BCUT2D eigenvalue weighted by molar-refractivity contribution is 0.194. The number of methoxy groups -OCH3 is 1. The summed E-state index contributed by atoms with van der Waals surface area (Å²) >= 11 is 0. The van der Waals surface area contributed by atoms with E-state index in [1.54, 1.807) is 7.11 Å². The molecule has 1 aromatic carbocycles. The van der Waals surface area contributed by atoms with Gasteiger partial charge in [-0.1, -0.05) is 6.07 Å². The maximum Gasteiger partial charge on any atom is 0.126 e. The van der Waals surface area contributed by atoms with Crippen LogP contribution in [0.2, 0.25) is 0 Å². The lowest BCUT2D eigenvalue weighted by Gasteiger charge is -2.27. The number of rotatable bonds is 4. The Morgan fingerprint density at radius 3 is 2.67 bits per heavy atom. The van der Waals surface area contributed by atoms with E-state index in [4.69, 9.17) is 4.74 Å². The van der Waals surface area contributed by atoms with Crippen LogP contribution >= 0.6 is 0 Å². The Morgan fingerprint density at radius 2 is 2.00 bits per heavy atom. The van der Waals surface area contributed by atoms with Gasteiger partial charge in [0.1, 0.15) is 5.75 Å². The maximum absolute atomic E-state index is 10.1. The molecule has 1 aromatic rings. The Bertz CT molecular complexity index is 484. The maximum atomic E-state index is 10.1. The number of aliphatic hydroxyl groups is 1. The summed E-state index contributed by atoms with van der Waals surface area (Å²) in [7, 11) is 1.67. The van der Waals surface area contributed by atoms with Crippen molar-refractivity contribution in [1.29, 1.82) is 0 Å². The fourth-order valence-electron chi connectivity index (χ4n) is 3.77. The van der Waals surface area contributed by atoms with Crippen LogP contribution in [0, 0.1) is 0 Å². The molecule has 3 rings (SSSR count). The van der Waals surface area contributed by atoms with Crippen molar-refractivity contribution in [2.75, 3.05) is 38.2 Å². The van der Waals surface area contributed by atoms with Crippen LogP contribution in [0.15, 0.2) is 18.2 Å². The first-order chi connectivity index (χ1) is 10.2. The van der Waals surface area contributed by atoms with E-state index in [0.29, 0.717) is 6.04 Å². The number of hydrogen-bond donors (Lipinski definition) is 1. The third kappa shape index (κ3) is 2.87. The molecule has 0 aromatic heterocycles. The van der Waals surface area contributed by atoms with Gasteiger partial charge in [-0.05, 0) is 51.4 Å². The van der Waals surface area contributed by atoms with Gasteiger partial charge >= 0.3 is 0 Å². The Balaban J connectivity index is 1.81. The summed E-state index contributed by atoms with van der Waals surface area (Å²) in [5.74, 6) is 0.784. The molecule has 21 heavy (non-hydrogen) atoms. The summed E-state index contributed by atoms with van der Waals surface area (Å²) in [5, 5.41) is 10.1. The molecule has 2 aliphatic heterocycles. The van der Waals surface area contributed by atoms with Crippen LogP contribution in [0.25, 0.3) is 0 Å². The van der Waals surface area contributed by atoms with Gasteiger partial charge in [-0.3, -0.25) is 4.90 Å². The average Bonchev–Trinajstić information content (AvgIpc) is 3.16. The van der Waals surface area contributed by atoms with Crippen LogP contribution in [-0.4, -0.2) is 49.3 Å². The molecule has 2 saturated heterocycles. The first-order valence-corrected chi connectivity index (χ1v) is 8.04. The van der Waals surface area contributed by atoms with E-state index in [-0.39, 0.29) is 0 Å². The first kappa shape index (κ1) is 14.7. The minimum atomic E-state index is -0.512. The van der Waals surface area contributed by atoms with Gasteiger partial charge in [-0.2, -0.15) is 0 Å². The van der Waals surface area contributed by atoms with Crippen molar-refractivity contribution >= 4 is 5.69 Å². The van der Waals surface area contributed by atoms with Crippen molar-refractivity contribution in [3.63, 3.8) is 0 Å². The fraction of sp³-hybridized carbons (Fsp3) is 0.647. The molecule has 2 aliphatic rings. The van der Waals surface area contributed by atoms with Gasteiger partial charge in [-0.25, -0.2) is 0 Å². The van der Waals surface area contributed by atoms with Crippen molar-refractivity contribution in [3.05, 3.63) is 23.8 Å². The molecule has 2 fully saturated rings. The van der Waals surface area contributed by atoms with E-state index in [0.717, 1.165) is 30.1 Å². The molecule has 0 amide bonds. The summed E-state index contributed by atoms with van der Waals surface area (Å²) in [6.45, 7) is 6.44. The van der Waals surface area contributed by atoms with Gasteiger partial charge in [0.05, 0.1) is 13.2 Å². The number of likely N-dealkylation sites (tertiary alicyclic amines) is 1. The van der Waals surface area contributed by atoms with Crippen molar-refractivity contribution in [3.8, 4) is 5.75 Å². The third-order valence-corrected chi connectivity index (χ3v) is 4.84. The number of nitrogens with zero attached hydrogens (tertiary/aromatic N) is 2. The Hall–Kier alpha value is -1.26. The largest absolute Gasteiger partial charge is 0.496 e. The molecule has 4 heteroatoms. The minimum absolute atomic E-state index is 0.512. The molecule has 0 bridgehead atoms. The molecule has 0 spiro atoms. The predicted molar refractivity (Wildman–Crippen MR) is 85.1 cm³/mol. The van der Waals surface area contributed by atoms with E-state index in [1.165, 1.54) is 32.4 Å². The molecule has 0 saturated carbocycles. The summed E-state index contributed by atoms with van der Waals surface area (Å²) < 4.78 is 5.44. The summed E-state index contributed by atoms with van der Waals surface area (Å²) in [5.41, 5.74) is 2.05. The second-order valence-electron chi connectivity index (χ2n) is 6.20. The number of aliphatic hydroxyl groups excluding tert-OH is 1. The van der Waals surface area contributed by atoms with E-state index >= 15 is 0 Å². The number of benzene rings is 1. The Labute approximate surface area is 127 Å². The number of ether oxygens (including phenoxy) is 1. The molecule has 116 valence electrons. The normalized spacial score (nSPS) is 24.5. The molecule has 0 aliphatic carbocycles. The second-order valence-corrected chi connectivity index (χ2v) is 6.20. The van der Waals surface area contributed by atoms with E-state index < -0.39 is 6.10 Å². The monoisotopic (exact) mass is 290 g/mol. The van der Waals surface area contributed by atoms with E-state index in [2.05, 4.69) is 15.9 Å². The van der Waals surface area contributed by atoms with Crippen molar-refractivity contribution in [2.45, 2.75) is 38.3 Å². The van der Waals surface area contributed by atoms with Crippen molar-refractivity contribution in [1.82, 2.24) is 4.90 Å². The highest BCUT2D eigenvalue weighted by Gasteiger charge is 2.31. The van der Waals surface area contributed by atoms with Crippen LogP contribution in [0.1, 0.15) is 37.9 Å². The Morgan fingerprint density at radius 1 is 1.24 bits per heavy atom. The molecule has 4 nitrogen and oxygen atoms in total. The van der Waals surface area contributed by atoms with Gasteiger partial charge in [0.15, 0.2) is 0 Å². The third-order valence-electron chi connectivity index (χ3n) is 4.84. The molecular weight excluding hydrogens is 264 g/mol. The summed E-state index contributed by atoms with van der Waals surface area (Å²) in [6.07, 6.45) is 3.39. The molecule has 0 radical (unpaired) electrons. The highest BCUT2D eigenvalue weighted by atomic mass is 16.5. The van der Waals surface area contributed by atoms with Crippen LogP contribution in [0.3, 0.4) is 0 Å². The number of hydrogen-bond acceptors (Lipinski definition) is 4. The Kier molecular flexibility index (Phi) is 4.36. The van der Waals surface area contributed by atoms with Gasteiger partial charge in [-0.15, -0.1) is 0 Å². The predicted octanol–water partition coefficient (Wildman–Crippen LogP) is 2.42. The van der Waals surface area contributed by atoms with Gasteiger partial charge < -0.3 is 14.7 Å². The number of anilines is 1. The van der Waals surface area contributed by atoms with Crippen LogP contribution in [-0.2, 0) is 0 Å². The lowest BCUT2D eigenvalue weighted by Crippen LogP contribution is -2.35. The second kappa shape index (κ2) is 6.24. The fourth-order valence-corrected chi connectivity index (χ4v) is 3.77. The van der Waals surface area contributed by atoms with Crippen LogP contribution in [0.5, 0.6) is 5.75 Å². The van der Waals surface area contributed by atoms with Crippen molar-refractivity contribution in [2.24, 2.45) is 0 Å². The smallest absolute Gasteiger partial charge is 0.126 e. The lowest BCUT2D eigenvalue weighted by atomic mass is 10.1. The standard InChI is InChI=1S/C17H26N2O2/c1-13(20)17-15(6-5-7-16(17)21-2)19-11-8-14(12-19)18-9-3-4-10-18/h5-7,13-14,20H,3-4,8-12H2,1-2H3/t13-,14?/m0/s1. The highest BCUT2D eigenvalue weighted by molar-refractivity contribution is 5.61. The van der Waals surface area contributed by atoms with E-state index in [9.17, 15) is 5.11 Å². The van der Waals surface area contributed by atoms with Gasteiger partial charge in [0.2, 0.25) is 0 Å². The van der Waals surface area contributed by atoms with E-state index in [1.807, 2.05) is 19.1 Å². The summed E-state index contributed by atoms with van der Waals surface area (Å²) in [6, 6.07) is 6.72. The van der Waals surface area contributed by atoms with Crippen LogP contribution < -0.4 is 9.64 Å². The molecule has 2 atom stereocenters. The zero-order valence-electron chi connectivity index (χ0n) is 13.1. The molecule has 2 heterocycles. The molecule has 1 N–H and O–H groups in total. The summed E-state index contributed by atoms with van der Waals surface area (Å²) in [4.78, 5) is 5.04.